The molecule has 1 nitrogen and oxygen atoms in total. The molecule has 0 aliphatic carbocycles. The first kappa shape index (κ1) is 14.2. The van der Waals surface area contributed by atoms with E-state index in [0.717, 1.165) is 0 Å². The minimum absolute atomic E-state index is 0.446. The van der Waals surface area contributed by atoms with Crippen molar-refractivity contribution in [3.63, 3.8) is 0 Å². The lowest BCUT2D eigenvalue weighted by Gasteiger charge is -2.23. The predicted octanol–water partition coefficient (Wildman–Crippen LogP) is 4.03. The van der Waals surface area contributed by atoms with E-state index in [9.17, 15) is 0 Å². The van der Waals surface area contributed by atoms with Crippen LogP contribution in [0.3, 0.4) is 0 Å². The minimum atomic E-state index is 0.446. The molecule has 0 spiro atoms. The quantitative estimate of drug-likeness (QED) is 0.782. The SMILES string of the molecule is CNC(CCc1ccccc1)CCC(C)(C)C. The molecular formula is C16H27N. The van der Waals surface area contributed by atoms with E-state index in [1.54, 1.807) is 0 Å². The Balaban J connectivity index is 2.33. The molecule has 1 aromatic rings. The molecule has 17 heavy (non-hydrogen) atoms. The number of hydrogen-bond donors (Lipinski definition) is 1. The molecule has 0 heterocycles. The Morgan fingerprint density at radius 3 is 2.24 bits per heavy atom. The van der Waals surface area contributed by atoms with Gasteiger partial charge in [-0.2, -0.15) is 0 Å². The van der Waals surface area contributed by atoms with Gasteiger partial charge in [-0.1, -0.05) is 51.1 Å². The van der Waals surface area contributed by atoms with Gasteiger partial charge in [0, 0.05) is 6.04 Å². The van der Waals surface area contributed by atoms with E-state index in [1.165, 1.54) is 31.2 Å². The van der Waals surface area contributed by atoms with Crippen LogP contribution in [0.25, 0.3) is 0 Å². The predicted molar refractivity (Wildman–Crippen MR) is 76.3 cm³/mol. The van der Waals surface area contributed by atoms with Crippen LogP contribution in [0.1, 0.15) is 45.6 Å². The van der Waals surface area contributed by atoms with Crippen LogP contribution in [-0.4, -0.2) is 13.1 Å². The molecule has 0 saturated heterocycles. The average Bonchev–Trinajstić information content (AvgIpc) is 2.29. The maximum Gasteiger partial charge on any atom is 0.00674 e. The summed E-state index contributed by atoms with van der Waals surface area (Å²) in [4.78, 5) is 0. The molecule has 0 aromatic heterocycles. The third-order valence-corrected chi connectivity index (χ3v) is 3.28. The second-order valence-corrected chi connectivity index (χ2v) is 6.11. The van der Waals surface area contributed by atoms with Gasteiger partial charge in [-0.15, -0.1) is 0 Å². The molecule has 1 heteroatoms. The van der Waals surface area contributed by atoms with E-state index in [0.29, 0.717) is 11.5 Å². The van der Waals surface area contributed by atoms with Crippen LogP contribution >= 0.6 is 0 Å². The molecule has 0 amide bonds. The summed E-state index contributed by atoms with van der Waals surface area (Å²) in [6.07, 6.45) is 4.97. The fourth-order valence-electron chi connectivity index (χ4n) is 2.03. The Bertz CT molecular complexity index is 297. The lowest BCUT2D eigenvalue weighted by atomic mass is 9.87. The number of rotatable bonds is 6. The van der Waals surface area contributed by atoms with Gasteiger partial charge in [-0.05, 0) is 43.7 Å². The first-order valence-corrected chi connectivity index (χ1v) is 6.72. The molecule has 0 aliphatic heterocycles. The molecule has 1 N–H and O–H groups in total. The van der Waals surface area contributed by atoms with Crippen LogP contribution in [0.2, 0.25) is 0 Å². The molecule has 1 atom stereocenters. The summed E-state index contributed by atoms with van der Waals surface area (Å²) in [5.41, 5.74) is 1.89. The maximum absolute atomic E-state index is 3.44. The maximum atomic E-state index is 3.44. The Labute approximate surface area is 107 Å². The van der Waals surface area contributed by atoms with Crippen molar-refractivity contribution in [3.05, 3.63) is 35.9 Å². The largest absolute Gasteiger partial charge is 0.317 e. The topological polar surface area (TPSA) is 12.0 Å². The lowest BCUT2D eigenvalue weighted by Crippen LogP contribution is -2.27. The Morgan fingerprint density at radius 1 is 1.06 bits per heavy atom. The minimum Gasteiger partial charge on any atom is -0.317 e. The van der Waals surface area contributed by atoms with Gasteiger partial charge in [0.2, 0.25) is 0 Å². The fourth-order valence-corrected chi connectivity index (χ4v) is 2.03. The van der Waals surface area contributed by atoms with Gasteiger partial charge < -0.3 is 5.32 Å². The van der Waals surface area contributed by atoms with Crippen molar-refractivity contribution in [2.75, 3.05) is 7.05 Å². The van der Waals surface area contributed by atoms with E-state index in [2.05, 4.69) is 63.5 Å². The van der Waals surface area contributed by atoms with Crippen LogP contribution in [0.15, 0.2) is 30.3 Å². The number of hydrogen-bond acceptors (Lipinski definition) is 1. The molecule has 1 rings (SSSR count). The van der Waals surface area contributed by atoms with E-state index < -0.39 is 0 Å². The zero-order valence-electron chi connectivity index (χ0n) is 11.8. The molecule has 0 fully saturated rings. The highest BCUT2D eigenvalue weighted by molar-refractivity contribution is 5.14. The van der Waals surface area contributed by atoms with Crippen LogP contribution in [0, 0.1) is 5.41 Å². The zero-order valence-corrected chi connectivity index (χ0v) is 11.8. The summed E-state index contributed by atoms with van der Waals surface area (Å²) in [6, 6.07) is 11.4. The summed E-state index contributed by atoms with van der Waals surface area (Å²) in [5, 5.41) is 3.44. The van der Waals surface area contributed by atoms with E-state index >= 15 is 0 Å². The summed E-state index contributed by atoms with van der Waals surface area (Å²) >= 11 is 0. The average molecular weight is 233 g/mol. The molecule has 1 aromatic carbocycles. The van der Waals surface area contributed by atoms with Crippen molar-refractivity contribution in [1.82, 2.24) is 5.32 Å². The fraction of sp³-hybridized carbons (Fsp3) is 0.625. The Kier molecular flexibility index (Phi) is 5.70. The van der Waals surface area contributed by atoms with Crippen molar-refractivity contribution in [2.24, 2.45) is 5.41 Å². The second kappa shape index (κ2) is 6.80. The van der Waals surface area contributed by atoms with Crippen LogP contribution in [-0.2, 0) is 6.42 Å². The van der Waals surface area contributed by atoms with Gasteiger partial charge in [-0.25, -0.2) is 0 Å². The highest BCUT2D eigenvalue weighted by atomic mass is 14.9. The van der Waals surface area contributed by atoms with Crippen molar-refractivity contribution in [3.8, 4) is 0 Å². The summed E-state index contributed by atoms with van der Waals surface area (Å²) in [7, 11) is 2.08. The number of nitrogens with one attached hydrogen (secondary N) is 1. The molecule has 1 unspecified atom stereocenters. The molecule has 96 valence electrons. The first-order chi connectivity index (χ1) is 8.01. The van der Waals surface area contributed by atoms with Gasteiger partial charge in [0.1, 0.15) is 0 Å². The molecule has 0 radical (unpaired) electrons. The van der Waals surface area contributed by atoms with Gasteiger partial charge in [-0.3, -0.25) is 0 Å². The normalized spacial score (nSPS) is 13.6. The molecular weight excluding hydrogens is 206 g/mol. The second-order valence-electron chi connectivity index (χ2n) is 6.11. The summed E-state index contributed by atoms with van der Waals surface area (Å²) < 4.78 is 0. The first-order valence-electron chi connectivity index (χ1n) is 6.72. The van der Waals surface area contributed by atoms with Gasteiger partial charge >= 0.3 is 0 Å². The highest BCUT2D eigenvalue weighted by Gasteiger charge is 2.14. The van der Waals surface area contributed by atoms with Crippen molar-refractivity contribution in [1.29, 1.82) is 0 Å². The van der Waals surface area contributed by atoms with E-state index in [4.69, 9.17) is 0 Å². The van der Waals surface area contributed by atoms with E-state index in [1.807, 2.05) is 0 Å². The Hall–Kier alpha value is -0.820. The molecule has 0 aliphatic rings. The van der Waals surface area contributed by atoms with Crippen molar-refractivity contribution >= 4 is 0 Å². The monoisotopic (exact) mass is 233 g/mol. The van der Waals surface area contributed by atoms with Crippen LogP contribution in [0.4, 0.5) is 0 Å². The standard InChI is InChI=1S/C16H27N/c1-16(2,3)13-12-15(17-4)11-10-14-8-6-5-7-9-14/h5-9,15,17H,10-13H2,1-4H3. The number of aryl methyl sites for hydroxylation is 1. The Morgan fingerprint density at radius 2 is 1.71 bits per heavy atom. The lowest BCUT2D eigenvalue weighted by molar-refractivity contribution is 0.329. The van der Waals surface area contributed by atoms with Crippen LogP contribution in [0.5, 0.6) is 0 Å². The third-order valence-electron chi connectivity index (χ3n) is 3.28. The smallest absolute Gasteiger partial charge is 0.00674 e. The van der Waals surface area contributed by atoms with Gasteiger partial charge in [0.15, 0.2) is 0 Å². The van der Waals surface area contributed by atoms with Crippen molar-refractivity contribution < 1.29 is 0 Å². The summed E-state index contributed by atoms with van der Waals surface area (Å²) in [5.74, 6) is 0. The van der Waals surface area contributed by atoms with Gasteiger partial charge in [0.05, 0.1) is 0 Å². The summed E-state index contributed by atoms with van der Waals surface area (Å²) in [6.45, 7) is 6.95. The zero-order chi connectivity index (χ0) is 12.7. The van der Waals surface area contributed by atoms with Crippen molar-refractivity contribution in [2.45, 2.75) is 52.5 Å². The third kappa shape index (κ3) is 6.48. The van der Waals surface area contributed by atoms with Gasteiger partial charge in [0.25, 0.3) is 0 Å². The number of benzene rings is 1. The van der Waals surface area contributed by atoms with Crippen LogP contribution < -0.4 is 5.32 Å². The highest BCUT2D eigenvalue weighted by Crippen LogP contribution is 2.22. The molecule has 0 saturated carbocycles. The molecule has 0 bridgehead atoms. The van der Waals surface area contributed by atoms with E-state index in [-0.39, 0.29) is 0 Å².